The molecule has 0 aliphatic carbocycles. The van der Waals surface area contributed by atoms with Crippen molar-refractivity contribution in [2.75, 3.05) is 0 Å². The summed E-state index contributed by atoms with van der Waals surface area (Å²) in [6.45, 7) is 3.61. The second-order valence-electron chi connectivity index (χ2n) is 2.90. The van der Waals surface area contributed by atoms with Gasteiger partial charge in [-0.15, -0.1) is 15.4 Å². The molecule has 1 rings (SSSR count). The summed E-state index contributed by atoms with van der Waals surface area (Å²) in [7, 11) is 0. The van der Waals surface area contributed by atoms with Gasteiger partial charge in [-0.1, -0.05) is 13.8 Å². The number of carbonyl (C=O) groups excluding carboxylic acids is 1. The van der Waals surface area contributed by atoms with Gasteiger partial charge in [0.2, 0.25) is 0 Å². The summed E-state index contributed by atoms with van der Waals surface area (Å²) in [5.41, 5.74) is 7.64. The molecular formula is C6H12N2O5. The highest BCUT2D eigenvalue weighted by molar-refractivity contribution is 5.75. The first kappa shape index (κ1) is 10.4. The third kappa shape index (κ3) is 2.90. The molecule has 1 aliphatic heterocycles. The van der Waals surface area contributed by atoms with Gasteiger partial charge < -0.3 is 10.5 Å². The Hall–Kier alpha value is -0.730. The quantitative estimate of drug-likeness (QED) is 0.446. The zero-order valence-corrected chi connectivity index (χ0v) is 7.35. The maximum Gasteiger partial charge on any atom is 0.326 e. The van der Waals surface area contributed by atoms with Crippen LogP contribution in [-0.2, 0) is 24.4 Å². The van der Waals surface area contributed by atoms with Crippen LogP contribution in [0, 0.1) is 5.92 Å². The molecule has 0 aromatic heterocycles. The fourth-order valence-corrected chi connectivity index (χ4v) is 0.634. The summed E-state index contributed by atoms with van der Waals surface area (Å²) in [6, 6.07) is -0.689. The van der Waals surface area contributed by atoms with Crippen molar-refractivity contribution in [3.8, 4) is 0 Å². The van der Waals surface area contributed by atoms with E-state index >= 15 is 0 Å². The molecule has 0 bridgehead atoms. The van der Waals surface area contributed by atoms with Crippen LogP contribution < -0.4 is 11.2 Å². The molecule has 7 heteroatoms. The molecule has 0 amide bonds. The maximum absolute atomic E-state index is 11.2. The Morgan fingerprint density at radius 2 is 2.31 bits per heavy atom. The second kappa shape index (κ2) is 4.49. The minimum absolute atomic E-state index is 0.00394. The molecule has 2 atom stereocenters. The lowest BCUT2D eigenvalue weighted by Crippen LogP contribution is -2.41. The predicted molar refractivity (Wildman–Crippen MR) is 39.1 cm³/mol. The van der Waals surface area contributed by atoms with Gasteiger partial charge in [0.05, 0.1) is 0 Å². The molecule has 0 aromatic rings. The molecule has 3 N–H and O–H groups in total. The number of nitrogens with two attached hydrogens (primary N) is 1. The molecule has 0 spiro atoms. The summed E-state index contributed by atoms with van der Waals surface area (Å²) < 4.78 is 4.69. The molecule has 1 fully saturated rings. The molecule has 1 aliphatic rings. The number of carbonyl (C=O) groups is 1. The van der Waals surface area contributed by atoms with Crippen molar-refractivity contribution in [3.05, 3.63) is 0 Å². The topological polar surface area (TPSA) is 92.0 Å². The fraction of sp³-hybridized carbons (Fsp3) is 0.833. The minimum Gasteiger partial charge on any atom is -0.416 e. The highest BCUT2D eigenvalue weighted by atomic mass is 17.6. The van der Waals surface area contributed by atoms with Crippen LogP contribution in [0.3, 0.4) is 0 Å². The van der Waals surface area contributed by atoms with Gasteiger partial charge in [0.1, 0.15) is 6.04 Å². The fourth-order valence-electron chi connectivity index (χ4n) is 0.634. The van der Waals surface area contributed by atoms with Crippen LogP contribution in [0.15, 0.2) is 0 Å². The van der Waals surface area contributed by atoms with Crippen LogP contribution >= 0.6 is 0 Å². The van der Waals surface area contributed by atoms with E-state index in [1.54, 1.807) is 0 Å². The number of nitrogens with one attached hydrogen (secondary N) is 1. The highest BCUT2D eigenvalue weighted by Crippen LogP contribution is 2.05. The predicted octanol–water partition coefficient (Wildman–Crippen LogP) is -0.805. The minimum atomic E-state index is -1.06. The monoisotopic (exact) mass is 192 g/mol. The van der Waals surface area contributed by atoms with Gasteiger partial charge in [0.25, 0.3) is 0 Å². The van der Waals surface area contributed by atoms with Gasteiger partial charge in [-0.05, 0) is 11.0 Å². The van der Waals surface area contributed by atoms with E-state index in [4.69, 9.17) is 5.73 Å². The Morgan fingerprint density at radius 1 is 1.62 bits per heavy atom. The van der Waals surface area contributed by atoms with Crippen molar-refractivity contribution < 1.29 is 24.4 Å². The van der Waals surface area contributed by atoms with Crippen molar-refractivity contribution >= 4 is 5.97 Å². The molecule has 76 valence electrons. The summed E-state index contributed by atoms with van der Waals surface area (Å²) in [6.07, 6.45) is -1.06. The normalized spacial score (nSPS) is 24.8. The second-order valence-corrected chi connectivity index (χ2v) is 2.90. The molecule has 0 saturated carbocycles. The van der Waals surface area contributed by atoms with Gasteiger partial charge in [-0.3, -0.25) is 4.79 Å². The Labute approximate surface area is 74.9 Å². The molecule has 0 aromatic carbocycles. The molecule has 0 radical (unpaired) electrons. The Bertz CT molecular complexity index is 180. The van der Waals surface area contributed by atoms with Crippen LogP contribution in [0.5, 0.6) is 0 Å². The first-order chi connectivity index (χ1) is 6.11. The zero-order chi connectivity index (χ0) is 9.84. The van der Waals surface area contributed by atoms with Gasteiger partial charge >= 0.3 is 12.4 Å². The zero-order valence-electron chi connectivity index (χ0n) is 7.35. The van der Waals surface area contributed by atoms with E-state index in [0.29, 0.717) is 0 Å². The van der Waals surface area contributed by atoms with E-state index < -0.39 is 18.4 Å². The lowest BCUT2D eigenvalue weighted by atomic mass is 10.1. The Morgan fingerprint density at radius 3 is 2.77 bits per heavy atom. The summed E-state index contributed by atoms with van der Waals surface area (Å²) in [5.74, 6) is -0.586. The molecular weight excluding hydrogens is 180 g/mol. The third-order valence-electron chi connectivity index (χ3n) is 1.52. The SMILES string of the molecule is CC(C)[C@H](N)C(=O)OC1NOOO1. The Balaban J connectivity index is 2.31. The standard InChI is InChI=1S/C6H12N2O5/c1-3(2)4(7)5(9)10-6-8-12-13-11-6/h3-4,6,8H,7H2,1-2H3/t4-,6?/m0/s1. The number of hydrogen-bond acceptors (Lipinski definition) is 7. The average Bonchev–Trinajstić information content (AvgIpc) is 2.55. The lowest BCUT2D eigenvalue weighted by molar-refractivity contribution is -0.477. The van der Waals surface area contributed by atoms with Crippen LogP contribution in [-0.4, -0.2) is 18.4 Å². The van der Waals surface area contributed by atoms with E-state index in [0.717, 1.165) is 0 Å². The maximum atomic E-state index is 11.2. The van der Waals surface area contributed by atoms with Crippen LogP contribution in [0.4, 0.5) is 0 Å². The largest absolute Gasteiger partial charge is 0.416 e. The molecule has 1 unspecified atom stereocenters. The van der Waals surface area contributed by atoms with Gasteiger partial charge in [-0.25, -0.2) is 0 Å². The van der Waals surface area contributed by atoms with E-state index in [1.165, 1.54) is 0 Å². The highest BCUT2D eigenvalue weighted by Gasteiger charge is 2.27. The van der Waals surface area contributed by atoms with E-state index in [9.17, 15) is 4.79 Å². The molecule has 1 heterocycles. The first-order valence-corrected chi connectivity index (χ1v) is 3.82. The van der Waals surface area contributed by atoms with Gasteiger partial charge in [-0.2, -0.15) is 0 Å². The van der Waals surface area contributed by atoms with Crippen molar-refractivity contribution in [2.24, 2.45) is 11.7 Å². The number of esters is 1. The molecule has 1 saturated heterocycles. The molecule has 13 heavy (non-hydrogen) atoms. The number of hydrogen-bond donors (Lipinski definition) is 2. The molecule has 7 nitrogen and oxygen atoms in total. The van der Waals surface area contributed by atoms with E-state index in [2.05, 4.69) is 25.1 Å². The number of hydroxylamine groups is 1. The Kier molecular flexibility index (Phi) is 3.58. The number of ether oxygens (including phenoxy) is 1. The van der Waals surface area contributed by atoms with Crippen molar-refractivity contribution in [2.45, 2.75) is 26.3 Å². The van der Waals surface area contributed by atoms with Crippen LogP contribution in [0.2, 0.25) is 0 Å². The lowest BCUT2D eigenvalue weighted by Gasteiger charge is -2.15. The average molecular weight is 192 g/mol. The van der Waals surface area contributed by atoms with Gasteiger partial charge in [0, 0.05) is 0 Å². The smallest absolute Gasteiger partial charge is 0.326 e. The summed E-state index contributed by atoms with van der Waals surface area (Å²) in [4.78, 5) is 19.6. The van der Waals surface area contributed by atoms with E-state index in [-0.39, 0.29) is 5.92 Å². The van der Waals surface area contributed by atoms with E-state index in [1.807, 2.05) is 13.8 Å². The van der Waals surface area contributed by atoms with Gasteiger partial charge in [0.15, 0.2) is 0 Å². The van der Waals surface area contributed by atoms with Crippen molar-refractivity contribution in [1.29, 1.82) is 0 Å². The van der Waals surface area contributed by atoms with Crippen LogP contribution in [0.25, 0.3) is 0 Å². The first-order valence-electron chi connectivity index (χ1n) is 3.82. The number of rotatable bonds is 3. The summed E-state index contributed by atoms with van der Waals surface area (Å²) in [5, 5.41) is 3.97. The summed E-state index contributed by atoms with van der Waals surface area (Å²) >= 11 is 0. The van der Waals surface area contributed by atoms with Crippen molar-refractivity contribution in [3.63, 3.8) is 0 Å². The van der Waals surface area contributed by atoms with Crippen molar-refractivity contribution in [1.82, 2.24) is 5.48 Å². The van der Waals surface area contributed by atoms with Crippen LogP contribution in [0.1, 0.15) is 13.8 Å². The third-order valence-corrected chi connectivity index (χ3v) is 1.52.